The summed E-state index contributed by atoms with van der Waals surface area (Å²) in [5.41, 5.74) is 0. The van der Waals surface area contributed by atoms with E-state index in [1.807, 2.05) is 0 Å². The number of nitrogens with zero attached hydrogens (tertiary/aromatic N) is 1. The second kappa shape index (κ2) is 6.01. The lowest BCUT2D eigenvalue weighted by molar-refractivity contribution is 0.209. The normalized spacial score (nSPS) is 25.1. The summed E-state index contributed by atoms with van der Waals surface area (Å²) in [7, 11) is 0. The first kappa shape index (κ1) is 10.6. The van der Waals surface area contributed by atoms with Crippen molar-refractivity contribution in [3.8, 4) is 12.3 Å². The van der Waals surface area contributed by atoms with Gasteiger partial charge in [0.05, 0.1) is 0 Å². The highest BCUT2D eigenvalue weighted by atomic mass is 16.3. The molecule has 1 fully saturated rings. The standard InChI is InChI=1S/C11H19NO/c1-2-3-7-12-8-4-5-11(10-13)6-9-12/h1,11,13H,3-10H2. The Morgan fingerprint density at radius 2 is 2.23 bits per heavy atom. The SMILES string of the molecule is C#CCCN1CCCC(CO)CC1. The molecule has 1 unspecified atom stereocenters. The molecule has 0 radical (unpaired) electrons. The van der Waals surface area contributed by atoms with Crippen LogP contribution < -0.4 is 0 Å². The van der Waals surface area contributed by atoms with E-state index < -0.39 is 0 Å². The highest BCUT2D eigenvalue weighted by Crippen LogP contribution is 2.16. The number of aliphatic hydroxyl groups is 1. The van der Waals surface area contributed by atoms with Gasteiger partial charge in [-0.2, -0.15) is 0 Å². The van der Waals surface area contributed by atoms with Crippen molar-refractivity contribution in [2.75, 3.05) is 26.2 Å². The number of rotatable bonds is 3. The van der Waals surface area contributed by atoms with Crippen molar-refractivity contribution in [2.45, 2.75) is 25.7 Å². The first-order chi connectivity index (χ1) is 6.36. The Morgan fingerprint density at radius 3 is 2.92 bits per heavy atom. The molecule has 1 aliphatic rings. The van der Waals surface area contributed by atoms with E-state index in [4.69, 9.17) is 11.5 Å². The van der Waals surface area contributed by atoms with Gasteiger partial charge >= 0.3 is 0 Å². The van der Waals surface area contributed by atoms with Gasteiger partial charge in [-0.15, -0.1) is 12.3 Å². The quantitative estimate of drug-likeness (QED) is 0.659. The van der Waals surface area contributed by atoms with Gasteiger partial charge in [0.1, 0.15) is 0 Å². The van der Waals surface area contributed by atoms with Crippen LogP contribution in [-0.2, 0) is 0 Å². The molecule has 1 atom stereocenters. The zero-order valence-electron chi connectivity index (χ0n) is 8.21. The van der Waals surface area contributed by atoms with Crippen molar-refractivity contribution >= 4 is 0 Å². The minimum absolute atomic E-state index is 0.350. The number of hydrogen-bond donors (Lipinski definition) is 1. The fraction of sp³-hybridized carbons (Fsp3) is 0.818. The van der Waals surface area contributed by atoms with Crippen molar-refractivity contribution < 1.29 is 5.11 Å². The fourth-order valence-electron chi connectivity index (χ4n) is 1.85. The van der Waals surface area contributed by atoms with Crippen LogP contribution in [0.4, 0.5) is 0 Å². The molecule has 0 bridgehead atoms. The van der Waals surface area contributed by atoms with Gasteiger partial charge < -0.3 is 10.0 Å². The molecule has 1 heterocycles. The summed E-state index contributed by atoms with van der Waals surface area (Å²) in [6, 6.07) is 0. The molecular formula is C11H19NO. The van der Waals surface area contributed by atoms with E-state index in [0.29, 0.717) is 12.5 Å². The molecule has 13 heavy (non-hydrogen) atoms. The van der Waals surface area contributed by atoms with Gasteiger partial charge in [-0.05, 0) is 38.3 Å². The molecule has 0 aromatic carbocycles. The maximum Gasteiger partial charge on any atom is 0.0459 e. The van der Waals surface area contributed by atoms with Gasteiger partial charge in [-0.1, -0.05) is 0 Å². The van der Waals surface area contributed by atoms with Crippen LogP contribution in [0.2, 0.25) is 0 Å². The van der Waals surface area contributed by atoms with E-state index in [-0.39, 0.29) is 0 Å². The van der Waals surface area contributed by atoms with Crippen LogP contribution in [0.1, 0.15) is 25.7 Å². The minimum Gasteiger partial charge on any atom is -0.396 e. The van der Waals surface area contributed by atoms with Crippen LogP contribution >= 0.6 is 0 Å². The fourth-order valence-corrected chi connectivity index (χ4v) is 1.85. The van der Waals surface area contributed by atoms with Crippen molar-refractivity contribution in [2.24, 2.45) is 5.92 Å². The Balaban J connectivity index is 2.24. The minimum atomic E-state index is 0.350. The molecule has 1 aliphatic heterocycles. The van der Waals surface area contributed by atoms with Crippen LogP contribution in [0.5, 0.6) is 0 Å². The molecule has 74 valence electrons. The van der Waals surface area contributed by atoms with Gasteiger partial charge in [0.2, 0.25) is 0 Å². The second-order valence-corrected chi connectivity index (χ2v) is 3.78. The van der Waals surface area contributed by atoms with E-state index in [1.54, 1.807) is 0 Å². The van der Waals surface area contributed by atoms with E-state index in [0.717, 1.165) is 32.5 Å². The Kier molecular flexibility index (Phi) is 4.88. The smallest absolute Gasteiger partial charge is 0.0459 e. The zero-order chi connectivity index (χ0) is 9.52. The summed E-state index contributed by atoms with van der Waals surface area (Å²) in [4.78, 5) is 2.41. The molecule has 2 nitrogen and oxygen atoms in total. The molecule has 0 spiro atoms. The third kappa shape index (κ3) is 3.80. The monoisotopic (exact) mass is 181 g/mol. The summed E-state index contributed by atoms with van der Waals surface area (Å²) in [5.74, 6) is 3.19. The predicted molar refractivity (Wildman–Crippen MR) is 54.3 cm³/mol. The second-order valence-electron chi connectivity index (χ2n) is 3.78. The highest BCUT2D eigenvalue weighted by Gasteiger charge is 2.15. The van der Waals surface area contributed by atoms with E-state index in [2.05, 4.69) is 10.8 Å². The van der Waals surface area contributed by atoms with Crippen LogP contribution in [0, 0.1) is 18.3 Å². The van der Waals surface area contributed by atoms with E-state index in [9.17, 15) is 0 Å². The van der Waals surface area contributed by atoms with Crippen molar-refractivity contribution in [1.29, 1.82) is 0 Å². The summed E-state index contributed by atoms with van der Waals surface area (Å²) in [6.07, 6.45) is 9.57. The molecule has 1 rings (SSSR count). The lowest BCUT2D eigenvalue weighted by atomic mass is 10.0. The molecule has 0 aromatic rings. The summed E-state index contributed by atoms with van der Waals surface area (Å²) < 4.78 is 0. The van der Waals surface area contributed by atoms with Gasteiger partial charge in [0.15, 0.2) is 0 Å². The Hall–Kier alpha value is -0.520. The van der Waals surface area contributed by atoms with Gasteiger partial charge in [-0.3, -0.25) is 0 Å². The van der Waals surface area contributed by atoms with Crippen molar-refractivity contribution in [1.82, 2.24) is 4.90 Å². The average molecular weight is 181 g/mol. The third-order valence-electron chi connectivity index (χ3n) is 2.77. The predicted octanol–water partition coefficient (Wildman–Crippen LogP) is 1.10. The Labute approximate surface area is 80.9 Å². The Morgan fingerprint density at radius 1 is 1.38 bits per heavy atom. The first-order valence-electron chi connectivity index (χ1n) is 5.13. The number of likely N-dealkylation sites (tertiary alicyclic amines) is 1. The van der Waals surface area contributed by atoms with Crippen LogP contribution in [0.3, 0.4) is 0 Å². The topological polar surface area (TPSA) is 23.5 Å². The molecule has 0 aromatic heterocycles. The molecule has 1 N–H and O–H groups in total. The lowest BCUT2D eigenvalue weighted by Gasteiger charge is -2.18. The maximum absolute atomic E-state index is 9.03. The molecule has 0 saturated carbocycles. The van der Waals surface area contributed by atoms with Crippen LogP contribution in [0.25, 0.3) is 0 Å². The van der Waals surface area contributed by atoms with E-state index in [1.165, 1.54) is 12.8 Å². The largest absolute Gasteiger partial charge is 0.396 e. The van der Waals surface area contributed by atoms with Gasteiger partial charge in [-0.25, -0.2) is 0 Å². The van der Waals surface area contributed by atoms with Crippen LogP contribution in [-0.4, -0.2) is 36.2 Å². The summed E-state index contributed by atoms with van der Waals surface area (Å²) in [6.45, 7) is 3.63. The van der Waals surface area contributed by atoms with Gasteiger partial charge in [0, 0.05) is 19.6 Å². The van der Waals surface area contributed by atoms with E-state index >= 15 is 0 Å². The summed E-state index contributed by atoms with van der Waals surface area (Å²) in [5, 5.41) is 9.03. The Bertz CT molecular complexity index is 173. The van der Waals surface area contributed by atoms with Crippen molar-refractivity contribution in [3.05, 3.63) is 0 Å². The number of terminal acetylenes is 1. The van der Waals surface area contributed by atoms with Crippen molar-refractivity contribution in [3.63, 3.8) is 0 Å². The molecule has 0 aliphatic carbocycles. The molecule has 0 amide bonds. The summed E-state index contributed by atoms with van der Waals surface area (Å²) >= 11 is 0. The highest BCUT2D eigenvalue weighted by molar-refractivity contribution is 4.85. The molecular weight excluding hydrogens is 162 g/mol. The van der Waals surface area contributed by atoms with Crippen LogP contribution in [0.15, 0.2) is 0 Å². The molecule has 2 heteroatoms. The number of hydrogen-bond acceptors (Lipinski definition) is 2. The molecule has 1 saturated heterocycles. The zero-order valence-corrected chi connectivity index (χ0v) is 8.21. The maximum atomic E-state index is 9.03. The van der Waals surface area contributed by atoms with Gasteiger partial charge in [0.25, 0.3) is 0 Å². The third-order valence-corrected chi connectivity index (χ3v) is 2.77. The average Bonchev–Trinajstić information content (AvgIpc) is 2.39. The lowest BCUT2D eigenvalue weighted by Crippen LogP contribution is -2.25. The first-order valence-corrected chi connectivity index (χ1v) is 5.13. The number of aliphatic hydroxyl groups excluding tert-OH is 1.